The number of hydrogen-bond donors (Lipinski definition) is 0. The van der Waals surface area contributed by atoms with E-state index in [1.165, 1.54) is 36.1 Å². The number of nitrogens with zero attached hydrogens (tertiary/aromatic N) is 1. The van der Waals surface area contributed by atoms with Crippen LogP contribution in [0.4, 0.5) is 0 Å². The van der Waals surface area contributed by atoms with Crippen molar-refractivity contribution in [3.05, 3.63) is 65.2 Å². The van der Waals surface area contributed by atoms with Gasteiger partial charge in [0.25, 0.3) is 0 Å². The number of carbonyl (C=O) groups is 1. The summed E-state index contributed by atoms with van der Waals surface area (Å²) in [4.78, 5) is 16.0. The zero-order chi connectivity index (χ0) is 22.0. The number of halogens is 1. The number of Topliss-reactive ketones (excluding diaryl/α,β-unsaturated/α-hetero) is 1. The average Bonchev–Trinajstić information content (AvgIpc) is 3.59. The van der Waals surface area contributed by atoms with Crippen LogP contribution < -0.4 is 4.74 Å². The van der Waals surface area contributed by atoms with Gasteiger partial charge in [-0.2, -0.15) is 0 Å². The van der Waals surface area contributed by atoms with Gasteiger partial charge in [-0.3, -0.25) is 9.69 Å². The quantitative estimate of drug-likeness (QED) is 0.529. The van der Waals surface area contributed by atoms with Crippen LogP contribution >= 0.6 is 12.4 Å². The van der Waals surface area contributed by atoms with E-state index in [1.807, 2.05) is 0 Å². The highest BCUT2D eigenvalue weighted by Crippen LogP contribution is 2.64. The fraction of sp³-hybridized carbons (Fsp3) is 0.552. The molecule has 2 aliphatic heterocycles. The second kappa shape index (κ2) is 8.36. The highest BCUT2D eigenvalue weighted by atomic mass is 35.5. The van der Waals surface area contributed by atoms with Gasteiger partial charge in [0.05, 0.1) is 11.0 Å². The van der Waals surface area contributed by atoms with Crippen molar-refractivity contribution in [3.8, 4) is 5.75 Å². The first kappa shape index (κ1) is 22.6. The SMILES string of the molecule is Cl.O=C1CC[C@@]2(OCCCc3ccccc3)[C@H]3Cc4cccc5c4[C@@]2(CCN3CC2CC2)[C@H]1O5. The summed E-state index contributed by atoms with van der Waals surface area (Å²) in [6.07, 6.45) is 7.78. The number of hydrogen-bond acceptors (Lipinski definition) is 4. The van der Waals surface area contributed by atoms with Gasteiger partial charge in [0.1, 0.15) is 5.75 Å². The lowest BCUT2D eigenvalue weighted by molar-refractivity contribution is -0.213. The molecule has 0 amide bonds. The molecule has 0 unspecified atom stereocenters. The van der Waals surface area contributed by atoms with Crippen LogP contribution in [0.25, 0.3) is 0 Å². The van der Waals surface area contributed by atoms with E-state index in [4.69, 9.17) is 9.47 Å². The van der Waals surface area contributed by atoms with E-state index in [9.17, 15) is 4.79 Å². The molecule has 4 nitrogen and oxygen atoms in total. The number of aryl methyl sites for hydroxylation is 1. The van der Waals surface area contributed by atoms with Crippen LogP contribution in [0.5, 0.6) is 5.75 Å². The Kier molecular flexibility index (Phi) is 5.55. The molecule has 1 saturated heterocycles. The predicted molar refractivity (Wildman–Crippen MR) is 134 cm³/mol. The standard InChI is InChI=1S/C29H33NO3.ClH/c31-23-13-14-29(32-17-5-8-20-6-2-1-3-7-20)25-18-22-9-4-10-24-26(22)28(29,27(23)33-24)15-16-30(25)19-21-11-12-21;/h1-4,6-7,9-10,21,25,27H,5,8,11-19H2;1H/t25-,27+,28+,29-;/m1./s1. The van der Waals surface area contributed by atoms with Gasteiger partial charge in [-0.25, -0.2) is 0 Å². The minimum atomic E-state index is -0.373. The Morgan fingerprint density at radius 2 is 1.91 bits per heavy atom. The van der Waals surface area contributed by atoms with E-state index in [2.05, 4.69) is 53.4 Å². The Morgan fingerprint density at radius 1 is 1.06 bits per heavy atom. The van der Waals surface area contributed by atoms with Crippen molar-refractivity contribution in [2.45, 2.75) is 74.5 Å². The van der Waals surface area contributed by atoms with Gasteiger partial charge in [-0.15, -0.1) is 12.4 Å². The van der Waals surface area contributed by atoms with Crippen molar-refractivity contribution in [1.82, 2.24) is 4.90 Å². The molecule has 0 aromatic heterocycles. The zero-order valence-corrected chi connectivity index (χ0v) is 20.5. The van der Waals surface area contributed by atoms with E-state index in [-0.39, 0.29) is 35.3 Å². The zero-order valence-electron chi connectivity index (χ0n) is 19.7. The third kappa shape index (κ3) is 3.14. The van der Waals surface area contributed by atoms with Crippen LogP contribution in [0.15, 0.2) is 48.5 Å². The van der Waals surface area contributed by atoms with Crippen molar-refractivity contribution in [2.24, 2.45) is 5.92 Å². The third-order valence-electron chi connectivity index (χ3n) is 9.23. The molecule has 2 aromatic rings. The maximum absolute atomic E-state index is 13.3. The lowest BCUT2D eigenvalue weighted by Gasteiger charge is -2.64. The maximum atomic E-state index is 13.3. The first-order valence-corrected chi connectivity index (χ1v) is 12.9. The number of ketones is 1. The molecule has 34 heavy (non-hydrogen) atoms. The van der Waals surface area contributed by atoms with E-state index in [0.29, 0.717) is 12.5 Å². The minimum absolute atomic E-state index is 0. The number of carbonyl (C=O) groups excluding carboxylic acids is 1. The molecular weight excluding hydrogens is 446 g/mol. The Bertz CT molecular complexity index is 1090. The summed E-state index contributed by atoms with van der Waals surface area (Å²) in [5.74, 6) is 2.07. The highest BCUT2D eigenvalue weighted by molar-refractivity contribution is 5.89. The molecule has 2 saturated carbocycles. The second-order valence-electron chi connectivity index (χ2n) is 11.0. The van der Waals surface area contributed by atoms with Crippen LogP contribution in [0.3, 0.4) is 0 Å². The van der Waals surface area contributed by atoms with Gasteiger partial charge in [0, 0.05) is 31.2 Å². The summed E-state index contributed by atoms with van der Waals surface area (Å²) in [6, 6.07) is 17.5. The molecule has 4 atom stereocenters. The average molecular weight is 480 g/mol. The Hall–Kier alpha value is -1.88. The van der Waals surface area contributed by atoms with Crippen LogP contribution in [0.1, 0.15) is 55.2 Å². The molecule has 5 aliphatic rings. The molecule has 3 aliphatic carbocycles. The molecule has 2 heterocycles. The van der Waals surface area contributed by atoms with Crippen molar-refractivity contribution >= 4 is 18.2 Å². The Balaban J connectivity index is 0.00000217. The topological polar surface area (TPSA) is 38.8 Å². The molecule has 0 radical (unpaired) electrons. The van der Waals surface area contributed by atoms with E-state index in [0.717, 1.165) is 56.9 Å². The molecule has 1 spiro atoms. The summed E-state index contributed by atoms with van der Waals surface area (Å²) in [7, 11) is 0. The van der Waals surface area contributed by atoms with Crippen molar-refractivity contribution in [2.75, 3.05) is 19.7 Å². The van der Waals surface area contributed by atoms with Crippen LogP contribution in [0.2, 0.25) is 0 Å². The molecule has 2 bridgehead atoms. The van der Waals surface area contributed by atoms with Gasteiger partial charge >= 0.3 is 0 Å². The number of benzene rings is 2. The molecule has 3 fully saturated rings. The highest BCUT2D eigenvalue weighted by Gasteiger charge is 2.73. The maximum Gasteiger partial charge on any atom is 0.174 e. The van der Waals surface area contributed by atoms with Gasteiger partial charge in [-0.05, 0) is 74.6 Å². The molecule has 180 valence electrons. The molecule has 7 rings (SSSR count). The molecule has 0 N–H and O–H groups in total. The first-order valence-electron chi connectivity index (χ1n) is 12.9. The summed E-state index contributed by atoms with van der Waals surface area (Å²) in [6.45, 7) is 2.98. The third-order valence-corrected chi connectivity index (χ3v) is 9.23. The molecule has 5 heteroatoms. The van der Waals surface area contributed by atoms with Gasteiger partial charge in [0.2, 0.25) is 0 Å². The summed E-state index contributed by atoms with van der Waals surface area (Å²) >= 11 is 0. The smallest absolute Gasteiger partial charge is 0.174 e. The van der Waals surface area contributed by atoms with Crippen molar-refractivity contribution in [1.29, 1.82) is 0 Å². The largest absolute Gasteiger partial charge is 0.481 e. The lowest BCUT2D eigenvalue weighted by atomic mass is 9.48. The van der Waals surface area contributed by atoms with E-state index < -0.39 is 0 Å². The molecule has 2 aromatic carbocycles. The Labute approximate surface area is 208 Å². The number of ether oxygens (including phenoxy) is 2. The fourth-order valence-electron chi connectivity index (χ4n) is 7.67. The van der Waals surface area contributed by atoms with Crippen LogP contribution in [-0.4, -0.2) is 48.1 Å². The first-order chi connectivity index (χ1) is 16.2. The minimum Gasteiger partial charge on any atom is -0.481 e. The van der Waals surface area contributed by atoms with Crippen LogP contribution in [0, 0.1) is 5.92 Å². The monoisotopic (exact) mass is 479 g/mol. The number of rotatable bonds is 7. The summed E-state index contributed by atoms with van der Waals surface area (Å²) < 4.78 is 13.6. The van der Waals surface area contributed by atoms with Crippen molar-refractivity contribution < 1.29 is 14.3 Å². The fourth-order valence-corrected chi connectivity index (χ4v) is 7.67. The second-order valence-corrected chi connectivity index (χ2v) is 11.0. The molecular formula is C29H34ClNO3. The van der Waals surface area contributed by atoms with Crippen molar-refractivity contribution in [3.63, 3.8) is 0 Å². The lowest BCUT2D eigenvalue weighted by Crippen LogP contribution is -2.77. The van der Waals surface area contributed by atoms with E-state index >= 15 is 0 Å². The van der Waals surface area contributed by atoms with Gasteiger partial charge < -0.3 is 9.47 Å². The van der Waals surface area contributed by atoms with Gasteiger partial charge in [0.15, 0.2) is 11.9 Å². The summed E-state index contributed by atoms with van der Waals surface area (Å²) in [5.41, 5.74) is 3.43. The summed E-state index contributed by atoms with van der Waals surface area (Å²) in [5, 5.41) is 0. The number of piperidine rings is 1. The predicted octanol–water partition coefficient (Wildman–Crippen LogP) is 4.90. The number of likely N-dealkylation sites (tertiary alicyclic amines) is 1. The Morgan fingerprint density at radius 3 is 2.74 bits per heavy atom. The normalized spacial score (nSPS) is 33.1. The van der Waals surface area contributed by atoms with E-state index in [1.54, 1.807) is 0 Å². The van der Waals surface area contributed by atoms with Crippen LogP contribution in [-0.2, 0) is 27.8 Å². The van der Waals surface area contributed by atoms with Gasteiger partial charge in [-0.1, -0.05) is 42.5 Å².